The second-order valence-electron chi connectivity index (χ2n) is 6.94. The third-order valence-electron chi connectivity index (χ3n) is 5.28. The van der Waals surface area contributed by atoms with Gasteiger partial charge >= 0.3 is 6.09 Å². The number of carbonyl (C=O) groups is 1. The highest BCUT2D eigenvalue weighted by Crippen LogP contribution is 2.32. The van der Waals surface area contributed by atoms with Crippen LogP contribution < -0.4 is 10.5 Å². The molecular formula is C22H25N5O2. The van der Waals surface area contributed by atoms with Gasteiger partial charge in [-0.25, -0.2) is 9.78 Å². The lowest BCUT2D eigenvalue weighted by Crippen LogP contribution is -2.26. The Kier molecular flexibility index (Phi) is 5.22. The molecule has 0 fully saturated rings. The maximum atomic E-state index is 11.2. The largest absolute Gasteiger partial charge is 0.410 e. The lowest BCUT2D eigenvalue weighted by Gasteiger charge is -2.18. The first-order valence-corrected chi connectivity index (χ1v) is 9.87. The van der Waals surface area contributed by atoms with Crippen LogP contribution in [0.15, 0.2) is 48.7 Å². The van der Waals surface area contributed by atoms with Crippen molar-refractivity contribution in [2.75, 3.05) is 19.6 Å². The summed E-state index contributed by atoms with van der Waals surface area (Å²) in [6.07, 6.45) is 1.29. The van der Waals surface area contributed by atoms with Crippen molar-refractivity contribution < 1.29 is 9.53 Å². The average molecular weight is 391 g/mol. The molecule has 150 valence electrons. The van der Waals surface area contributed by atoms with Gasteiger partial charge in [0, 0.05) is 35.8 Å². The van der Waals surface area contributed by atoms with Crippen molar-refractivity contribution in [3.8, 4) is 17.1 Å². The second-order valence-corrected chi connectivity index (χ2v) is 6.94. The number of benzene rings is 2. The van der Waals surface area contributed by atoms with Gasteiger partial charge in [0.15, 0.2) is 5.75 Å². The fourth-order valence-corrected chi connectivity index (χ4v) is 3.73. The van der Waals surface area contributed by atoms with Crippen LogP contribution in [0.3, 0.4) is 0 Å². The topological polar surface area (TPSA) is 89.2 Å². The molecule has 0 saturated carbocycles. The third kappa shape index (κ3) is 3.69. The summed E-state index contributed by atoms with van der Waals surface area (Å²) in [5.74, 6) is 1.08. The lowest BCUT2D eigenvalue weighted by molar-refractivity contribution is 0.211. The molecule has 1 amide bonds. The van der Waals surface area contributed by atoms with E-state index >= 15 is 0 Å². The minimum Gasteiger partial charge on any atom is -0.408 e. The lowest BCUT2D eigenvalue weighted by atomic mass is 10.2. The van der Waals surface area contributed by atoms with Gasteiger partial charge in [-0.3, -0.25) is 0 Å². The number of carbonyl (C=O) groups excluding carboxylic acids is 1. The highest BCUT2D eigenvalue weighted by atomic mass is 16.5. The fraction of sp³-hybridized carbons (Fsp3) is 0.273. The van der Waals surface area contributed by atoms with E-state index < -0.39 is 6.09 Å². The molecule has 0 bridgehead atoms. The molecule has 0 radical (unpaired) electrons. The summed E-state index contributed by atoms with van der Waals surface area (Å²) < 4.78 is 7.38. The standard InChI is InChI=1S/C22H25N5O2/c1-3-26(4-2)12-13-27-14-16(15-8-5-6-10-18(15)27)21-24-17-9-7-11-19(20(17)25-21)29-22(23)28/h5-11,14H,3-4,12-13H2,1-2H3,(H2,23,28)(H,24,25). The summed E-state index contributed by atoms with van der Waals surface area (Å²) in [6.45, 7) is 8.33. The number of rotatable bonds is 7. The normalized spacial score (nSPS) is 11.6. The van der Waals surface area contributed by atoms with Gasteiger partial charge in [-0.05, 0) is 31.3 Å². The van der Waals surface area contributed by atoms with E-state index in [-0.39, 0.29) is 0 Å². The molecule has 29 heavy (non-hydrogen) atoms. The van der Waals surface area contributed by atoms with Gasteiger partial charge in [-0.2, -0.15) is 0 Å². The van der Waals surface area contributed by atoms with Crippen molar-refractivity contribution in [3.05, 3.63) is 48.7 Å². The molecule has 7 heteroatoms. The number of nitrogens with zero attached hydrogens (tertiary/aromatic N) is 3. The Morgan fingerprint density at radius 1 is 1.17 bits per heavy atom. The van der Waals surface area contributed by atoms with Gasteiger partial charge in [-0.1, -0.05) is 38.1 Å². The fourth-order valence-electron chi connectivity index (χ4n) is 3.73. The van der Waals surface area contributed by atoms with E-state index in [2.05, 4.69) is 52.7 Å². The van der Waals surface area contributed by atoms with Gasteiger partial charge in [-0.15, -0.1) is 0 Å². The number of amides is 1. The first kappa shape index (κ1) is 19.0. The number of hydrogen-bond donors (Lipinski definition) is 2. The number of imidazole rings is 1. The SMILES string of the molecule is CCN(CC)CCn1cc(-c2nc3c(OC(N)=O)cccc3[nH]2)c2ccccc21. The highest BCUT2D eigenvalue weighted by Gasteiger charge is 2.16. The summed E-state index contributed by atoms with van der Waals surface area (Å²) in [7, 11) is 0. The number of aromatic amines is 1. The number of H-pyrrole nitrogens is 1. The summed E-state index contributed by atoms with van der Waals surface area (Å²) in [5.41, 5.74) is 8.75. The first-order valence-electron chi connectivity index (χ1n) is 9.87. The Labute approximate surface area is 169 Å². The second kappa shape index (κ2) is 7.97. The van der Waals surface area contributed by atoms with E-state index in [1.165, 1.54) is 5.52 Å². The van der Waals surface area contributed by atoms with E-state index in [4.69, 9.17) is 15.5 Å². The van der Waals surface area contributed by atoms with Crippen LogP contribution in [0.2, 0.25) is 0 Å². The van der Waals surface area contributed by atoms with Crippen LogP contribution in [0, 0.1) is 0 Å². The van der Waals surface area contributed by atoms with Crippen molar-refractivity contribution in [2.24, 2.45) is 5.73 Å². The number of likely N-dealkylation sites (N-methyl/N-ethyl adjacent to an activating group) is 1. The predicted molar refractivity (Wildman–Crippen MR) is 115 cm³/mol. The van der Waals surface area contributed by atoms with Crippen molar-refractivity contribution in [3.63, 3.8) is 0 Å². The van der Waals surface area contributed by atoms with Crippen LogP contribution in [-0.2, 0) is 6.54 Å². The number of para-hydroxylation sites is 2. The molecule has 3 N–H and O–H groups in total. The van der Waals surface area contributed by atoms with E-state index in [1.807, 2.05) is 12.1 Å². The third-order valence-corrected chi connectivity index (χ3v) is 5.28. The van der Waals surface area contributed by atoms with Crippen LogP contribution in [-0.4, -0.2) is 45.2 Å². The number of primary amides is 1. The molecule has 0 spiro atoms. The molecule has 0 aliphatic carbocycles. The highest BCUT2D eigenvalue weighted by molar-refractivity contribution is 5.97. The monoisotopic (exact) mass is 391 g/mol. The van der Waals surface area contributed by atoms with E-state index in [0.29, 0.717) is 11.3 Å². The number of hydrogen-bond acceptors (Lipinski definition) is 4. The van der Waals surface area contributed by atoms with Gasteiger partial charge in [0.05, 0.1) is 5.52 Å². The van der Waals surface area contributed by atoms with E-state index in [1.54, 1.807) is 12.1 Å². The zero-order valence-electron chi connectivity index (χ0n) is 16.7. The van der Waals surface area contributed by atoms with Crippen LogP contribution >= 0.6 is 0 Å². The van der Waals surface area contributed by atoms with Crippen LogP contribution in [0.4, 0.5) is 4.79 Å². The van der Waals surface area contributed by atoms with Gasteiger partial charge in [0.25, 0.3) is 0 Å². The van der Waals surface area contributed by atoms with Crippen LogP contribution in [0.25, 0.3) is 33.3 Å². The van der Waals surface area contributed by atoms with Crippen molar-refractivity contribution in [1.82, 2.24) is 19.4 Å². The Bertz CT molecular complexity index is 1160. The minimum atomic E-state index is -0.852. The summed E-state index contributed by atoms with van der Waals surface area (Å²) in [4.78, 5) is 21.7. The number of fused-ring (bicyclic) bond motifs is 2. The smallest absolute Gasteiger partial charge is 0.408 e. The Morgan fingerprint density at radius 2 is 1.97 bits per heavy atom. The molecule has 0 unspecified atom stereocenters. The molecule has 2 aromatic carbocycles. The Balaban J connectivity index is 1.77. The van der Waals surface area contributed by atoms with Gasteiger partial charge in [0.2, 0.25) is 0 Å². The number of ether oxygens (including phenoxy) is 1. The zero-order valence-corrected chi connectivity index (χ0v) is 16.7. The number of nitrogens with one attached hydrogen (secondary N) is 1. The summed E-state index contributed by atoms with van der Waals surface area (Å²) in [6, 6.07) is 13.7. The maximum Gasteiger partial charge on any atom is 0.410 e. The zero-order chi connectivity index (χ0) is 20.4. The molecular weight excluding hydrogens is 366 g/mol. The first-order chi connectivity index (χ1) is 14.1. The maximum absolute atomic E-state index is 11.2. The molecule has 2 aromatic heterocycles. The van der Waals surface area contributed by atoms with Crippen molar-refractivity contribution >= 4 is 28.0 Å². The average Bonchev–Trinajstić information content (AvgIpc) is 3.31. The van der Waals surface area contributed by atoms with E-state index in [0.717, 1.165) is 48.5 Å². The van der Waals surface area contributed by atoms with Crippen molar-refractivity contribution in [2.45, 2.75) is 20.4 Å². The Hall–Kier alpha value is -3.32. The quantitative estimate of drug-likeness (QED) is 0.499. The van der Waals surface area contributed by atoms with Gasteiger partial charge < -0.3 is 24.9 Å². The molecule has 4 aromatic rings. The molecule has 0 atom stereocenters. The van der Waals surface area contributed by atoms with Crippen LogP contribution in [0.5, 0.6) is 5.75 Å². The number of nitrogens with two attached hydrogens (primary N) is 1. The van der Waals surface area contributed by atoms with Gasteiger partial charge in [0.1, 0.15) is 11.3 Å². The minimum absolute atomic E-state index is 0.350. The molecule has 2 heterocycles. The number of aromatic nitrogens is 3. The Morgan fingerprint density at radius 3 is 2.72 bits per heavy atom. The molecule has 7 nitrogen and oxygen atoms in total. The van der Waals surface area contributed by atoms with Crippen LogP contribution in [0.1, 0.15) is 13.8 Å². The summed E-state index contributed by atoms with van der Waals surface area (Å²) >= 11 is 0. The van der Waals surface area contributed by atoms with E-state index in [9.17, 15) is 4.79 Å². The van der Waals surface area contributed by atoms with Crippen molar-refractivity contribution in [1.29, 1.82) is 0 Å². The molecule has 0 aliphatic heterocycles. The molecule has 4 rings (SSSR count). The molecule has 0 saturated heterocycles. The predicted octanol–water partition coefficient (Wildman–Crippen LogP) is 3.98. The summed E-state index contributed by atoms with van der Waals surface area (Å²) in [5, 5.41) is 1.13. The molecule has 0 aliphatic rings.